The van der Waals surface area contributed by atoms with Gasteiger partial charge >= 0.3 is 5.97 Å². The molecule has 0 saturated heterocycles. The van der Waals surface area contributed by atoms with Gasteiger partial charge < -0.3 is 14.2 Å². The number of rotatable bonds is 12. The SMILES string of the molecule is CCN(CC)S(=O)(=O)c1ccc(CCC(=O)OCCOc2ccc(OC)cc2)cc1. The zero-order valence-electron chi connectivity index (χ0n) is 17.7. The standard InChI is InChI=1S/C22H29NO6S/c1-4-23(5-2)30(25,26)21-13-6-18(7-14-21)8-15-22(24)29-17-16-28-20-11-9-19(27-3)10-12-20/h6-7,9-14H,4-5,8,15-17H2,1-3H3. The van der Waals surface area contributed by atoms with Gasteiger partial charge in [0.15, 0.2) is 0 Å². The van der Waals surface area contributed by atoms with Crippen LogP contribution in [0.4, 0.5) is 0 Å². The first kappa shape index (κ1) is 23.7. The first-order valence-corrected chi connectivity index (χ1v) is 11.4. The molecule has 0 N–H and O–H groups in total. The van der Waals surface area contributed by atoms with E-state index in [2.05, 4.69) is 0 Å². The van der Waals surface area contributed by atoms with Crippen molar-refractivity contribution in [2.45, 2.75) is 31.6 Å². The minimum atomic E-state index is -3.47. The van der Waals surface area contributed by atoms with Crippen molar-refractivity contribution in [2.24, 2.45) is 0 Å². The number of esters is 1. The molecule has 0 atom stereocenters. The van der Waals surface area contributed by atoms with Gasteiger partial charge in [-0.05, 0) is 48.4 Å². The second kappa shape index (κ2) is 11.6. The third-order valence-corrected chi connectivity index (χ3v) is 6.62. The zero-order chi connectivity index (χ0) is 22.0. The highest BCUT2D eigenvalue weighted by atomic mass is 32.2. The number of sulfonamides is 1. The molecule has 0 aliphatic rings. The lowest BCUT2D eigenvalue weighted by Gasteiger charge is -2.18. The molecule has 0 aliphatic heterocycles. The molecule has 0 fully saturated rings. The maximum absolute atomic E-state index is 12.5. The average molecular weight is 436 g/mol. The highest BCUT2D eigenvalue weighted by Gasteiger charge is 2.21. The fraction of sp³-hybridized carbons (Fsp3) is 0.409. The van der Waals surface area contributed by atoms with E-state index in [4.69, 9.17) is 14.2 Å². The van der Waals surface area contributed by atoms with Crippen molar-refractivity contribution in [1.82, 2.24) is 4.31 Å². The molecule has 8 heteroatoms. The van der Waals surface area contributed by atoms with Crippen molar-refractivity contribution in [3.63, 3.8) is 0 Å². The van der Waals surface area contributed by atoms with E-state index in [0.717, 1.165) is 11.3 Å². The number of ether oxygens (including phenoxy) is 3. The number of benzene rings is 2. The van der Waals surface area contributed by atoms with Gasteiger partial charge in [-0.3, -0.25) is 4.79 Å². The molecule has 0 saturated carbocycles. The summed E-state index contributed by atoms with van der Waals surface area (Å²) in [6.07, 6.45) is 0.689. The molecule has 164 valence electrons. The number of carbonyl (C=O) groups excluding carboxylic acids is 1. The summed E-state index contributed by atoms with van der Waals surface area (Å²) in [6.45, 7) is 4.89. The number of hydrogen-bond donors (Lipinski definition) is 0. The van der Waals surface area contributed by atoms with Crippen LogP contribution in [-0.4, -0.2) is 52.1 Å². The van der Waals surface area contributed by atoms with Crippen LogP contribution >= 0.6 is 0 Å². The van der Waals surface area contributed by atoms with Crippen molar-refractivity contribution >= 4 is 16.0 Å². The molecule has 0 radical (unpaired) electrons. The summed E-state index contributed by atoms with van der Waals surface area (Å²) in [4.78, 5) is 12.2. The smallest absolute Gasteiger partial charge is 0.306 e. The summed E-state index contributed by atoms with van der Waals surface area (Å²) >= 11 is 0. The highest BCUT2D eigenvalue weighted by molar-refractivity contribution is 7.89. The third kappa shape index (κ3) is 6.74. The van der Waals surface area contributed by atoms with Crippen LogP contribution in [-0.2, 0) is 26.0 Å². The predicted molar refractivity (Wildman–Crippen MR) is 114 cm³/mol. The first-order valence-electron chi connectivity index (χ1n) is 9.92. The summed E-state index contributed by atoms with van der Waals surface area (Å²) in [6, 6.07) is 13.8. The number of hydrogen-bond acceptors (Lipinski definition) is 6. The summed E-state index contributed by atoms with van der Waals surface area (Å²) in [5, 5.41) is 0. The van der Waals surface area contributed by atoms with Crippen LogP contribution in [0.5, 0.6) is 11.5 Å². The van der Waals surface area contributed by atoms with E-state index in [-0.39, 0.29) is 30.5 Å². The van der Waals surface area contributed by atoms with Gasteiger partial charge in [0.2, 0.25) is 10.0 Å². The van der Waals surface area contributed by atoms with Crippen molar-refractivity contribution in [1.29, 1.82) is 0 Å². The lowest BCUT2D eigenvalue weighted by molar-refractivity contribution is -0.144. The van der Waals surface area contributed by atoms with Gasteiger partial charge in [0.1, 0.15) is 24.7 Å². The van der Waals surface area contributed by atoms with Crippen LogP contribution in [0.1, 0.15) is 25.8 Å². The number of aryl methyl sites for hydroxylation is 1. The molecule has 30 heavy (non-hydrogen) atoms. The van der Waals surface area contributed by atoms with E-state index >= 15 is 0 Å². The Balaban J connectivity index is 1.74. The van der Waals surface area contributed by atoms with Gasteiger partial charge in [0.25, 0.3) is 0 Å². The molecule has 2 aromatic rings. The topological polar surface area (TPSA) is 82.1 Å². The molecule has 0 unspecified atom stereocenters. The monoisotopic (exact) mass is 435 g/mol. The Morgan fingerprint density at radius 2 is 1.50 bits per heavy atom. The largest absolute Gasteiger partial charge is 0.497 e. The normalized spacial score (nSPS) is 11.3. The Morgan fingerprint density at radius 1 is 0.900 bits per heavy atom. The second-order valence-electron chi connectivity index (χ2n) is 6.48. The molecule has 2 rings (SSSR count). The van der Waals surface area contributed by atoms with Crippen LogP contribution in [0, 0.1) is 0 Å². The molecule has 7 nitrogen and oxygen atoms in total. The van der Waals surface area contributed by atoms with E-state index in [1.165, 1.54) is 4.31 Å². The molecule has 2 aromatic carbocycles. The molecule has 0 aromatic heterocycles. The van der Waals surface area contributed by atoms with E-state index in [9.17, 15) is 13.2 Å². The lowest BCUT2D eigenvalue weighted by atomic mass is 10.1. The fourth-order valence-corrected chi connectivity index (χ4v) is 4.30. The first-order chi connectivity index (χ1) is 14.4. The van der Waals surface area contributed by atoms with Crippen LogP contribution in [0.2, 0.25) is 0 Å². The fourth-order valence-electron chi connectivity index (χ4n) is 2.85. The highest BCUT2D eigenvalue weighted by Crippen LogP contribution is 2.18. The summed E-state index contributed by atoms with van der Waals surface area (Å²) in [7, 11) is -1.88. The van der Waals surface area contributed by atoms with Gasteiger partial charge in [0.05, 0.1) is 12.0 Å². The Hall–Kier alpha value is -2.58. The maximum Gasteiger partial charge on any atom is 0.306 e. The van der Waals surface area contributed by atoms with E-state index in [1.807, 2.05) is 13.8 Å². The lowest BCUT2D eigenvalue weighted by Crippen LogP contribution is -2.30. The molecule has 0 amide bonds. The Labute approximate surface area is 178 Å². The predicted octanol–water partition coefficient (Wildman–Crippen LogP) is 3.28. The molecule has 0 bridgehead atoms. The van der Waals surface area contributed by atoms with Gasteiger partial charge in [0, 0.05) is 19.5 Å². The molecular weight excluding hydrogens is 406 g/mol. The summed E-state index contributed by atoms with van der Waals surface area (Å²) < 4.78 is 42.1. The Bertz CT molecular complexity index is 890. The van der Waals surface area contributed by atoms with Gasteiger partial charge in [-0.2, -0.15) is 4.31 Å². The quantitative estimate of drug-likeness (QED) is 0.376. The Kier molecular flexibility index (Phi) is 9.14. The molecular formula is C22H29NO6S. The van der Waals surface area contributed by atoms with Crippen LogP contribution in [0.25, 0.3) is 0 Å². The Morgan fingerprint density at radius 3 is 2.07 bits per heavy atom. The second-order valence-corrected chi connectivity index (χ2v) is 8.42. The summed E-state index contributed by atoms with van der Waals surface area (Å²) in [5.74, 6) is 1.09. The van der Waals surface area contributed by atoms with Crippen molar-refractivity contribution in [3.05, 3.63) is 54.1 Å². The summed E-state index contributed by atoms with van der Waals surface area (Å²) in [5.41, 5.74) is 0.875. The zero-order valence-corrected chi connectivity index (χ0v) is 18.5. The maximum atomic E-state index is 12.5. The van der Waals surface area contributed by atoms with Gasteiger partial charge in [-0.1, -0.05) is 26.0 Å². The number of carbonyl (C=O) groups is 1. The van der Waals surface area contributed by atoms with Crippen molar-refractivity contribution < 1.29 is 27.4 Å². The minimum Gasteiger partial charge on any atom is -0.497 e. The number of methoxy groups -OCH3 is 1. The molecule has 0 heterocycles. The van der Waals surface area contributed by atoms with E-state index in [0.29, 0.717) is 25.3 Å². The van der Waals surface area contributed by atoms with Crippen molar-refractivity contribution in [2.75, 3.05) is 33.4 Å². The van der Waals surface area contributed by atoms with Crippen molar-refractivity contribution in [3.8, 4) is 11.5 Å². The van der Waals surface area contributed by atoms with Crippen LogP contribution < -0.4 is 9.47 Å². The van der Waals surface area contributed by atoms with Gasteiger partial charge in [-0.15, -0.1) is 0 Å². The van der Waals surface area contributed by atoms with Crippen LogP contribution in [0.15, 0.2) is 53.4 Å². The third-order valence-electron chi connectivity index (χ3n) is 4.56. The van der Waals surface area contributed by atoms with Gasteiger partial charge in [-0.25, -0.2) is 8.42 Å². The van der Waals surface area contributed by atoms with E-state index < -0.39 is 10.0 Å². The molecule has 0 aliphatic carbocycles. The number of nitrogens with zero attached hydrogens (tertiary/aromatic N) is 1. The molecule has 0 spiro atoms. The van der Waals surface area contributed by atoms with Crippen LogP contribution in [0.3, 0.4) is 0 Å². The minimum absolute atomic E-state index is 0.159. The average Bonchev–Trinajstić information content (AvgIpc) is 2.76. The van der Waals surface area contributed by atoms with E-state index in [1.54, 1.807) is 55.6 Å².